The molecular weight excluding hydrogens is 292 g/mol. The van der Waals surface area contributed by atoms with Gasteiger partial charge in [0, 0.05) is 25.2 Å². The Bertz CT molecular complexity index is 556. The number of rotatable bonds is 6. The van der Waals surface area contributed by atoms with Gasteiger partial charge in [-0.15, -0.1) is 0 Å². The highest BCUT2D eigenvalue weighted by atomic mass is 16.6. The van der Waals surface area contributed by atoms with Crippen LogP contribution in [-0.4, -0.2) is 27.5 Å². The minimum atomic E-state index is -0.510. The number of nitrogens with zero attached hydrogens (tertiary/aromatic N) is 2. The molecule has 2 aliphatic rings. The molecule has 1 aromatic rings. The van der Waals surface area contributed by atoms with Crippen LogP contribution in [0.25, 0.3) is 0 Å². The van der Waals surface area contributed by atoms with Crippen LogP contribution in [0.15, 0.2) is 6.20 Å². The number of carbonyl (C=O) groups excluding carboxylic acids is 1. The second kappa shape index (κ2) is 6.15. The Morgan fingerprint density at radius 3 is 2.48 bits per heavy atom. The van der Waals surface area contributed by atoms with E-state index in [4.69, 9.17) is 4.74 Å². The monoisotopic (exact) mass is 320 g/mol. The molecule has 6 heteroatoms. The van der Waals surface area contributed by atoms with Gasteiger partial charge in [-0.1, -0.05) is 0 Å². The van der Waals surface area contributed by atoms with Gasteiger partial charge in [0.2, 0.25) is 0 Å². The number of hydrogen-bond acceptors (Lipinski definition) is 4. The second-order valence-electron chi connectivity index (χ2n) is 7.85. The molecule has 2 aliphatic carbocycles. The van der Waals surface area contributed by atoms with Crippen molar-refractivity contribution in [1.29, 1.82) is 0 Å². The molecule has 1 amide bonds. The molecule has 0 saturated heterocycles. The van der Waals surface area contributed by atoms with Crippen LogP contribution in [0.5, 0.6) is 0 Å². The molecule has 0 aliphatic heterocycles. The molecule has 3 rings (SSSR count). The van der Waals surface area contributed by atoms with Crippen molar-refractivity contribution in [1.82, 2.24) is 15.1 Å². The third-order valence-corrected chi connectivity index (χ3v) is 4.42. The summed E-state index contributed by atoms with van der Waals surface area (Å²) in [5.41, 5.74) is 0.495. The van der Waals surface area contributed by atoms with Crippen LogP contribution in [0.1, 0.15) is 52.0 Å². The quantitative estimate of drug-likeness (QED) is 0.845. The third-order valence-electron chi connectivity index (χ3n) is 4.42. The van der Waals surface area contributed by atoms with Crippen molar-refractivity contribution in [3.63, 3.8) is 0 Å². The maximum atomic E-state index is 12.0. The van der Waals surface area contributed by atoms with Crippen molar-refractivity contribution in [2.75, 3.05) is 5.32 Å². The molecule has 1 heterocycles. The summed E-state index contributed by atoms with van der Waals surface area (Å²) in [5.74, 6) is 2.40. The van der Waals surface area contributed by atoms with E-state index in [0.29, 0.717) is 11.9 Å². The lowest BCUT2D eigenvalue weighted by molar-refractivity contribution is 0.0634. The number of nitrogens with one attached hydrogen (secondary N) is 2. The van der Waals surface area contributed by atoms with E-state index in [1.165, 1.54) is 25.7 Å². The van der Waals surface area contributed by atoms with E-state index >= 15 is 0 Å². The highest BCUT2D eigenvalue weighted by Gasteiger charge is 2.41. The highest BCUT2D eigenvalue weighted by molar-refractivity contribution is 5.84. The standard InChI is InChI=1S/C17H28N4O2/c1-17(2,3)23-16(22)20-15-13(10-19-21(15)4)9-18-14(11-5-6-11)12-7-8-12/h10-12,14,18H,5-9H2,1-4H3,(H,20,22). The van der Waals surface area contributed by atoms with Crippen molar-refractivity contribution in [2.24, 2.45) is 18.9 Å². The molecule has 0 bridgehead atoms. The maximum absolute atomic E-state index is 12.0. The Morgan fingerprint density at radius 2 is 1.96 bits per heavy atom. The van der Waals surface area contributed by atoms with Gasteiger partial charge in [0.25, 0.3) is 0 Å². The zero-order chi connectivity index (χ0) is 16.6. The molecule has 23 heavy (non-hydrogen) atoms. The molecule has 2 saturated carbocycles. The summed E-state index contributed by atoms with van der Waals surface area (Å²) in [6.07, 6.45) is 6.78. The van der Waals surface area contributed by atoms with Crippen LogP contribution in [0.3, 0.4) is 0 Å². The topological polar surface area (TPSA) is 68.2 Å². The van der Waals surface area contributed by atoms with Crippen LogP contribution in [0.2, 0.25) is 0 Å². The average molecular weight is 320 g/mol. The first kappa shape index (κ1) is 16.3. The van der Waals surface area contributed by atoms with E-state index in [1.807, 2.05) is 34.0 Å². The van der Waals surface area contributed by atoms with E-state index < -0.39 is 11.7 Å². The van der Waals surface area contributed by atoms with E-state index in [0.717, 1.165) is 23.9 Å². The molecule has 128 valence electrons. The fourth-order valence-corrected chi connectivity index (χ4v) is 3.03. The second-order valence-corrected chi connectivity index (χ2v) is 7.85. The van der Waals surface area contributed by atoms with Crippen LogP contribution in [0.4, 0.5) is 10.6 Å². The number of ether oxygens (including phenoxy) is 1. The first-order valence-corrected chi connectivity index (χ1v) is 8.58. The average Bonchev–Trinajstić information content (AvgIpc) is 3.32. The highest BCUT2D eigenvalue weighted by Crippen LogP contribution is 2.44. The van der Waals surface area contributed by atoms with Gasteiger partial charge in [-0.3, -0.25) is 10.00 Å². The summed E-state index contributed by atoms with van der Waals surface area (Å²) in [5, 5.41) is 10.8. The van der Waals surface area contributed by atoms with Crippen molar-refractivity contribution < 1.29 is 9.53 Å². The Hall–Kier alpha value is -1.56. The number of aromatic nitrogens is 2. The fraction of sp³-hybridized carbons (Fsp3) is 0.765. The van der Waals surface area contributed by atoms with Crippen LogP contribution >= 0.6 is 0 Å². The molecule has 0 spiro atoms. The van der Waals surface area contributed by atoms with Gasteiger partial charge in [0.05, 0.1) is 6.20 Å². The Balaban J connectivity index is 1.60. The predicted molar refractivity (Wildman–Crippen MR) is 89.1 cm³/mol. The van der Waals surface area contributed by atoms with Crippen molar-refractivity contribution in [3.05, 3.63) is 11.8 Å². The minimum absolute atomic E-state index is 0.441. The van der Waals surface area contributed by atoms with Gasteiger partial charge in [0.15, 0.2) is 0 Å². The number of amides is 1. The molecule has 0 unspecified atom stereocenters. The van der Waals surface area contributed by atoms with Gasteiger partial charge >= 0.3 is 6.09 Å². The van der Waals surface area contributed by atoms with Crippen molar-refractivity contribution in [3.8, 4) is 0 Å². The van der Waals surface area contributed by atoms with E-state index in [-0.39, 0.29) is 0 Å². The molecule has 0 atom stereocenters. The molecule has 6 nitrogen and oxygen atoms in total. The first-order valence-electron chi connectivity index (χ1n) is 8.58. The molecule has 1 aromatic heterocycles. The number of aryl methyl sites for hydroxylation is 1. The maximum Gasteiger partial charge on any atom is 0.413 e. The summed E-state index contributed by atoms with van der Waals surface area (Å²) in [6, 6.07) is 0.629. The van der Waals surface area contributed by atoms with Crippen LogP contribution < -0.4 is 10.6 Å². The largest absolute Gasteiger partial charge is 0.444 e. The number of carbonyl (C=O) groups is 1. The normalized spacial score (nSPS) is 18.3. The Labute approximate surface area is 138 Å². The Kier molecular flexibility index (Phi) is 4.36. The zero-order valence-corrected chi connectivity index (χ0v) is 14.6. The summed E-state index contributed by atoms with van der Waals surface area (Å²) < 4.78 is 7.02. The van der Waals surface area contributed by atoms with E-state index in [1.54, 1.807) is 4.68 Å². The summed E-state index contributed by atoms with van der Waals surface area (Å²) in [7, 11) is 1.83. The lowest BCUT2D eigenvalue weighted by Gasteiger charge is -2.20. The minimum Gasteiger partial charge on any atom is -0.444 e. The lowest BCUT2D eigenvalue weighted by Crippen LogP contribution is -2.33. The molecule has 2 fully saturated rings. The van der Waals surface area contributed by atoms with Gasteiger partial charge < -0.3 is 10.1 Å². The number of anilines is 1. The van der Waals surface area contributed by atoms with E-state index in [9.17, 15) is 4.79 Å². The Morgan fingerprint density at radius 1 is 1.35 bits per heavy atom. The van der Waals surface area contributed by atoms with E-state index in [2.05, 4.69) is 15.7 Å². The van der Waals surface area contributed by atoms with Gasteiger partial charge in [-0.25, -0.2) is 4.79 Å². The lowest BCUT2D eigenvalue weighted by atomic mass is 10.1. The first-order chi connectivity index (χ1) is 10.8. The van der Waals surface area contributed by atoms with Crippen molar-refractivity contribution in [2.45, 2.75) is 64.6 Å². The number of hydrogen-bond donors (Lipinski definition) is 2. The molecule has 0 aromatic carbocycles. The predicted octanol–water partition coefficient (Wildman–Crippen LogP) is 3.05. The van der Waals surface area contributed by atoms with Crippen molar-refractivity contribution >= 4 is 11.9 Å². The van der Waals surface area contributed by atoms with Crippen LogP contribution in [0, 0.1) is 11.8 Å². The summed E-state index contributed by atoms with van der Waals surface area (Å²) in [4.78, 5) is 12.0. The smallest absolute Gasteiger partial charge is 0.413 e. The molecule has 0 radical (unpaired) electrons. The van der Waals surface area contributed by atoms with Gasteiger partial charge in [0.1, 0.15) is 11.4 Å². The van der Waals surface area contributed by atoms with Crippen LogP contribution in [-0.2, 0) is 18.3 Å². The third kappa shape index (κ3) is 4.47. The molecular formula is C17H28N4O2. The van der Waals surface area contributed by atoms with Gasteiger partial charge in [-0.05, 0) is 58.3 Å². The van der Waals surface area contributed by atoms with Gasteiger partial charge in [-0.2, -0.15) is 5.10 Å². The molecule has 2 N–H and O–H groups in total. The fourth-order valence-electron chi connectivity index (χ4n) is 3.03. The summed E-state index contributed by atoms with van der Waals surface area (Å²) in [6.45, 7) is 6.30. The zero-order valence-electron chi connectivity index (χ0n) is 14.6. The SMILES string of the molecule is Cn1ncc(CNC(C2CC2)C2CC2)c1NC(=O)OC(C)(C)C. The summed E-state index contributed by atoms with van der Waals surface area (Å²) >= 11 is 0.